The zero-order valence-corrected chi connectivity index (χ0v) is 18.3. The number of benzene rings is 1. The van der Waals surface area contributed by atoms with E-state index < -0.39 is 21.4 Å². The van der Waals surface area contributed by atoms with Gasteiger partial charge in [0.15, 0.2) is 15.6 Å². The molecule has 2 rings (SSSR count). The normalized spacial score (nSPS) is 11.0. The first-order valence-electron chi connectivity index (χ1n) is 8.00. The van der Waals surface area contributed by atoms with Gasteiger partial charge in [-0.15, -0.1) is 0 Å². The fourth-order valence-corrected chi connectivity index (χ4v) is 5.02. The fraction of sp³-hybridized carbons (Fsp3) is 0.278. The molecule has 5 nitrogen and oxygen atoms in total. The topological polar surface area (TPSA) is 57.7 Å². The van der Waals surface area contributed by atoms with E-state index in [9.17, 15) is 13.2 Å². The number of nitrogens with zero attached hydrogens (tertiary/aromatic N) is 2. The Bertz CT molecular complexity index is 909. The molecule has 0 saturated carbocycles. The van der Waals surface area contributed by atoms with Crippen LogP contribution in [0.5, 0.6) is 0 Å². The molecule has 0 atom stereocenters. The Balaban J connectivity index is 1.92. The summed E-state index contributed by atoms with van der Waals surface area (Å²) in [5.74, 6) is -1.27. The Labute approximate surface area is 174 Å². The van der Waals surface area contributed by atoms with Crippen molar-refractivity contribution in [2.45, 2.75) is 0 Å². The van der Waals surface area contributed by atoms with E-state index in [1.54, 1.807) is 19.0 Å². The van der Waals surface area contributed by atoms with E-state index in [4.69, 9.17) is 24.4 Å². The van der Waals surface area contributed by atoms with Crippen LogP contribution in [0.4, 0.5) is 0 Å². The van der Waals surface area contributed by atoms with Crippen LogP contribution in [0.1, 0.15) is 11.1 Å². The molecular formula is C18H20N2O3S4. The average molecular weight is 441 g/mol. The molecule has 2 aromatic rings. The minimum absolute atomic E-state index is 0.0548. The van der Waals surface area contributed by atoms with Gasteiger partial charge < -0.3 is 9.80 Å². The zero-order chi connectivity index (χ0) is 20.0. The monoisotopic (exact) mass is 440 g/mol. The third-order valence-electron chi connectivity index (χ3n) is 3.67. The molecule has 0 saturated heterocycles. The van der Waals surface area contributed by atoms with Gasteiger partial charge in [-0.2, -0.15) is 11.3 Å². The van der Waals surface area contributed by atoms with Gasteiger partial charge in [0.2, 0.25) is 0 Å². The highest BCUT2D eigenvalue weighted by Crippen LogP contribution is 2.10. The Morgan fingerprint density at radius 1 is 1.00 bits per heavy atom. The maximum Gasteiger partial charge on any atom is 0.175 e. The minimum Gasteiger partial charge on any atom is -0.358 e. The van der Waals surface area contributed by atoms with E-state index in [2.05, 4.69) is 0 Å². The highest BCUT2D eigenvalue weighted by Gasteiger charge is 2.22. The number of carbonyl (C=O) groups is 1. The van der Waals surface area contributed by atoms with Crippen LogP contribution in [0.25, 0.3) is 0 Å². The molecule has 0 aliphatic carbocycles. The second kappa shape index (κ2) is 9.50. The number of sulfone groups is 1. The van der Waals surface area contributed by atoms with E-state index in [0.29, 0.717) is 9.98 Å². The van der Waals surface area contributed by atoms with Crippen LogP contribution < -0.4 is 0 Å². The van der Waals surface area contributed by atoms with Gasteiger partial charge >= 0.3 is 0 Å². The van der Waals surface area contributed by atoms with Crippen molar-refractivity contribution in [3.8, 4) is 0 Å². The molecule has 27 heavy (non-hydrogen) atoms. The molecular weight excluding hydrogens is 420 g/mol. The first-order valence-corrected chi connectivity index (χ1v) is 11.6. The number of ketones is 1. The number of hydrogen-bond acceptors (Lipinski definition) is 6. The third kappa shape index (κ3) is 6.46. The van der Waals surface area contributed by atoms with Crippen molar-refractivity contribution in [1.29, 1.82) is 0 Å². The summed E-state index contributed by atoms with van der Waals surface area (Å²) < 4.78 is 24.8. The summed E-state index contributed by atoms with van der Waals surface area (Å²) in [6.45, 7) is -0.0548. The predicted octanol–water partition coefficient (Wildman–Crippen LogP) is 2.60. The second-order valence-electron chi connectivity index (χ2n) is 6.10. The number of hydrogen-bond donors (Lipinski definition) is 0. The van der Waals surface area contributed by atoms with Crippen LogP contribution in [0, 0.1) is 0 Å². The van der Waals surface area contributed by atoms with E-state index >= 15 is 0 Å². The lowest BCUT2D eigenvalue weighted by atomic mass is 10.2. The SMILES string of the molecule is CN(CC(=O)CS(=O)(=O)CN(C)C(=S)c1ccccc1)C(=S)c1ccsc1. The molecule has 0 aliphatic heterocycles. The smallest absolute Gasteiger partial charge is 0.175 e. The molecule has 0 bridgehead atoms. The lowest BCUT2D eigenvalue weighted by Crippen LogP contribution is -2.37. The molecule has 0 fully saturated rings. The van der Waals surface area contributed by atoms with Crippen molar-refractivity contribution < 1.29 is 13.2 Å². The molecule has 0 unspecified atom stereocenters. The van der Waals surface area contributed by atoms with Crippen molar-refractivity contribution in [3.05, 3.63) is 58.3 Å². The summed E-state index contributed by atoms with van der Waals surface area (Å²) in [6, 6.07) is 11.0. The third-order valence-corrected chi connectivity index (χ3v) is 6.99. The number of thiocarbonyl (C=S) groups is 2. The molecule has 1 aromatic carbocycles. The molecule has 0 radical (unpaired) electrons. The van der Waals surface area contributed by atoms with Crippen molar-refractivity contribution >= 4 is 61.4 Å². The molecule has 0 N–H and O–H groups in total. The molecule has 1 heterocycles. The van der Waals surface area contributed by atoms with Crippen LogP contribution in [0.15, 0.2) is 47.2 Å². The van der Waals surface area contributed by atoms with Gasteiger partial charge in [0.25, 0.3) is 0 Å². The molecule has 9 heteroatoms. The lowest BCUT2D eigenvalue weighted by molar-refractivity contribution is -0.116. The fourth-order valence-electron chi connectivity index (χ4n) is 2.43. The zero-order valence-electron chi connectivity index (χ0n) is 15.0. The number of thiophene rings is 1. The molecule has 0 spiro atoms. The van der Waals surface area contributed by atoms with Crippen molar-refractivity contribution in [1.82, 2.24) is 9.80 Å². The highest BCUT2D eigenvalue weighted by atomic mass is 32.2. The van der Waals surface area contributed by atoms with Crippen molar-refractivity contribution in [2.24, 2.45) is 0 Å². The second-order valence-corrected chi connectivity index (χ2v) is 9.69. The van der Waals surface area contributed by atoms with Crippen molar-refractivity contribution in [2.75, 3.05) is 32.3 Å². The van der Waals surface area contributed by atoms with Gasteiger partial charge in [0.1, 0.15) is 21.6 Å². The van der Waals surface area contributed by atoms with E-state index in [-0.39, 0.29) is 12.4 Å². The van der Waals surface area contributed by atoms with E-state index in [1.807, 2.05) is 47.2 Å². The quantitative estimate of drug-likeness (QED) is 0.585. The molecule has 0 amide bonds. The standard InChI is InChI=1S/C18H20N2O3S4/c1-19(18(25)15-8-9-26-11-15)10-16(21)12-27(22,23)13-20(2)17(24)14-6-4-3-5-7-14/h3-9,11H,10,12-13H2,1-2H3. The van der Waals surface area contributed by atoms with Crippen LogP contribution in [-0.4, -0.2) is 66.2 Å². The first kappa shape index (κ1) is 21.6. The Kier molecular flexibility index (Phi) is 7.60. The van der Waals surface area contributed by atoms with Gasteiger partial charge in [-0.25, -0.2) is 8.42 Å². The summed E-state index contributed by atoms with van der Waals surface area (Å²) in [5.41, 5.74) is 1.61. The van der Waals surface area contributed by atoms with Gasteiger partial charge in [0, 0.05) is 30.6 Å². The Hall–Kier alpha value is -1.68. The minimum atomic E-state index is -3.64. The molecule has 144 valence electrons. The molecule has 1 aromatic heterocycles. The lowest BCUT2D eigenvalue weighted by Gasteiger charge is -2.21. The molecule has 0 aliphatic rings. The van der Waals surface area contributed by atoms with Crippen LogP contribution in [0.3, 0.4) is 0 Å². The largest absolute Gasteiger partial charge is 0.358 e. The van der Waals surface area contributed by atoms with Gasteiger partial charge in [0.05, 0.1) is 6.54 Å². The Morgan fingerprint density at radius 2 is 1.63 bits per heavy atom. The maximum absolute atomic E-state index is 12.4. The van der Waals surface area contributed by atoms with Crippen LogP contribution in [-0.2, 0) is 14.6 Å². The van der Waals surface area contributed by atoms with Crippen molar-refractivity contribution in [3.63, 3.8) is 0 Å². The summed E-state index contributed by atoms with van der Waals surface area (Å²) in [4.78, 5) is 16.2. The number of rotatable bonds is 8. The maximum atomic E-state index is 12.4. The number of carbonyl (C=O) groups excluding carboxylic acids is 1. The predicted molar refractivity (Wildman–Crippen MR) is 118 cm³/mol. The first-order chi connectivity index (χ1) is 12.7. The summed E-state index contributed by atoms with van der Waals surface area (Å²) in [6.07, 6.45) is 0. The van der Waals surface area contributed by atoms with E-state index in [0.717, 1.165) is 11.1 Å². The summed E-state index contributed by atoms with van der Waals surface area (Å²) in [5, 5.41) is 3.78. The van der Waals surface area contributed by atoms with Gasteiger partial charge in [-0.3, -0.25) is 4.79 Å². The highest BCUT2D eigenvalue weighted by molar-refractivity contribution is 7.92. The van der Waals surface area contributed by atoms with Gasteiger partial charge in [-0.05, 0) is 11.4 Å². The Morgan fingerprint density at radius 3 is 2.22 bits per heavy atom. The average Bonchev–Trinajstić information content (AvgIpc) is 3.14. The summed E-state index contributed by atoms with van der Waals surface area (Å²) >= 11 is 12.2. The number of likely N-dealkylation sites (N-methyl/N-ethyl adjacent to an activating group) is 1. The number of Topliss-reactive ketones (excluding diaryl/α,β-unsaturated/α-hetero) is 1. The van der Waals surface area contributed by atoms with E-state index in [1.165, 1.54) is 16.2 Å². The van der Waals surface area contributed by atoms with Crippen LogP contribution in [0.2, 0.25) is 0 Å². The van der Waals surface area contributed by atoms with Crippen LogP contribution >= 0.6 is 35.8 Å². The van der Waals surface area contributed by atoms with Gasteiger partial charge in [-0.1, -0.05) is 54.8 Å². The summed E-state index contributed by atoms with van der Waals surface area (Å²) in [7, 11) is -0.349.